The summed E-state index contributed by atoms with van der Waals surface area (Å²) in [6, 6.07) is 7.43. The SMILES string of the molecule is CCOC(=O)c1cccc(C(CO)C2CC2)c1. The van der Waals surface area contributed by atoms with E-state index in [-0.39, 0.29) is 18.5 Å². The van der Waals surface area contributed by atoms with Gasteiger partial charge in [0.15, 0.2) is 0 Å². The fourth-order valence-corrected chi connectivity index (χ4v) is 2.14. The van der Waals surface area contributed by atoms with Crippen molar-refractivity contribution in [2.24, 2.45) is 5.92 Å². The molecule has 3 nitrogen and oxygen atoms in total. The van der Waals surface area contributed by atoms with E-state index in [1.54, 1.807) is 13.0 Å². The summed E-state index contributed by atoms with van der Waals surface area (Å²) in [7, 11) is 0. The summed E-state index contributed by atoms with van der Waals surface area (Å²) in [4.78, 5) is 11.6. The van der Waals surface area contributed by atoms with Gasteiger partial charge in [-0.05, 0) is 43.4 Å². The van der Waals surface area contributed by atoms with Crippen LogP contribution in [0.4, 0.5) is 0 Å². The van der Waals surface area contributed by atoms with Gasteiger partial charge in [0.05, 0.1) is 18.8 Å². The summed E-state index contributed by atoms with van der Waals surface area (Å²) < 4.78 is 4.97. The second kappa shape index (κ2) is 5.32. The molecule has 0 spiro atoms. The third kappa shape index (κ3) is 2.86. The van der Waals surface area contributed by atoms with E-state index >= 15 is 0 Å². The molecule has 0 saturated heterocycles. The minimum atomic E-state index is -0.290. The van der Waals surface area contributed by atoms with Crippen LogP contribution in [-0.2, 0) is 4.74 Å². The first-order chi connectivity index (χ1) is 8.26. The minimum Gasteiger partial charge on any atom is -0.462 e. The van der Waals surface area contributed by atoms with Crippen LogP contribution in [0.15, 0.2) is 24.3 Å². The molecule has 0 radical (unpaired) electrons. The molecule has 1 unspecified atom stereocenters. The van der Waals surface area contributed by atoms with E-state index in [1.165, 1.54) is 12.8 Å². The molecule has 1 atom stereocenters. The predicted octanol–water partition coefficient (Wildman–Crippen LogP) is 2.35. The van der Waals surface area contributed by atoms with Gasteiger partial charge in [0, 0.05) is 5.92 Å². The van der Waals surface area contributed by atoms with Crippen molar-refractivity contribution in [1.29, 1.82) is 0 Å². The normalized spacial score (nSPS) is 16.6. The van der Waals surface area contributed by atoms with Crippen molar-refractivity contribution >= 4 is 5.97 Å². The standard InChI is InChI=1S/C14H18O3/c1-2-17-14(16)12-5-3-4-11(8-12)13(9-15)10-6-7-10/h3-5,8,10,13,15H,2,6-7,9H2,1H3. The number of hydrogen-bond donors (Lipinski definition) is 1. The number of aliphatic hydroxyl groups excluding tert-OH is 1. The van der Waals surface area contributed by atoms with Gasteiger partial charge in [0.2, 0.25) is 0 Å². The molecule has 17 heavy (non-hydrogen) atoms. The van der Waals surface area contributed by atoms with E-state index in [0.29, 0.717) is 18.1 Å². The van der Waals surface area contributed by atoms with Crippen LogP contribution in [0, 0.1) is 5.92 Å². The average molecular weight is 234 g/mol. The van der Waals surface area contributed by atoms with Gasteiger partial charge in [-0.15, -0.1) is 0 Å². The molecule has 1 aliphatic carbocycles. The van der Waals surface area contributed by atoms with Crippen LogP contribution in [0.1, 0.15) is 41.6 Å². The zero-order valence-electron chi connectivity index (χ0n) is 10.1. The second-order valence-electron chi connectivity index (χ2n) is 4.47. The van der Waals surface area contributed by atoms with Crippen LogP contribution in [0.2, 0.25) is 0 Å². The first-order valence-electron chi connectivity index (χ1n) is 6.14. The second-order valence-corrected chi connectivity index (χ2v) is 4.47. The highest BCUT2D eigenvalue weighted by Gasteiger charge is 2.31. The Balaban J connectivity index is 2.17. The monoisotopic (exact) mass is 234 g/mol. The largest absolute Gasteiger partial charge is 0.462 e. The van der Waals surface area contributed by atoms with Crippen LogP contribution in [0.5, 0.6) is 0 Å². The summed E-state index contributed by atoms with van der Waals surface area (Å²) >= 11 is 0. The molecule has 0 aliphatic heterocycles. The lowest BCUT2D eigenvalue weighted by atomic mass is 9.94. The summed E-state index contributed by atoms with van der Waals surface area (Å²) in [5.41, 5.74) is 1.61. The van der Waals surface area contributed by atoms with Gasteiger partial charge in [-0.1, -0.05) is 12.1 Å². The number of carbonyl (C=O) groups excluding carboxylic acids is 1. The van der Waals surface area contributed by atoms with Crippen LogP contribution in [0.3, 0.4) is 0 Å². The minimum absolute atomic E-state index is 0.150. The molecule has 92 valence electrons. The lowest BCUT2D eigenvalue weighted by molar-refractivity contribution is 0.0526. The lowest BCUT2D eigenvalue weighted by Crippen LogP contribution is -2.09. The molecule has 1 aromatic rings. The quantitative estimate of drug-likeness (QED) is 0.795. The fourth-order valence-electron chi connectivity index (χ4n) is 2.14. The molecule has 1 aliphatic rings. The first-order valence-corrected chi connectivity index (χ1v) is 6.14. The van der Waals surface area contributed by atoms with Gasteiger partial charge in [-0.3, -0.25) is 0 Å². The molecule has 2 rings (SSSR count). The molecule has 0 heterocycles. The smallest absolute Gasteiger partial charge is 0.338 e. The van der Waals surface area contributed by atoms with E-state index in [1.807, 2.05) is 18.2 Å². The zero-order valence-corrected chi connectivity index (χ0v) is 10.1. The van der Waals surface area contributed by atoms with Crippen LogP contribution >= 0.6 is 0 Å². The Kier molecular flexibility index (Phi) is 3.79. The molecule has 0 aromatic heterocycles. The maximum Gasteiger partial charge on any atom is 0.338 e. The summed E-state index contributed by atoms with van der Waals surface area (Å²) in [5, 5.41) is 9.41. The van der Waals surface area contributed by atoms with Crippen molar-refractivity contribution in [3.05, 3.63) is 35.4 Å². The number of benzene rings is 1. The molecule has 3 heteroatoms. The van der Waals surface area contributed by atoms with E-state index in [4.69, 9.17) is 4.74 Å². The molecule has 1 fully saturated rings. The Morgan fingerprint density at radius 3 is 2.88 bits per heavy atom. The molecule has 1 N–H and O–H groups in total. The molecule has 0 bridgehead atoms. The molecular weight excluding hydrogens is 216 g/mol. The number of ether oxygens (including phenoxy) is 1. The van der Waals surface area contributed by atoms with E-state index < -0.39 is 0 Å². The Labute approximate surface area is 101 Å². The third-order valence-corrected chi connectivity index (χ3v) is 3.21. The van der Waals surface area contributed by atoms with Crippen molar-refractivity contribution in [3.63, 3.8) is 0 Å². The Hall–Kier alpha value is -1.35. The summed E-state index contributed by atoms with van der Waals surface area (Å²) in [5.74, 6) is 0.462. The predicted molar refractivity (Wildman–Crippen MR) is 64.9 cm³/mol. The molecule has 0 amide bonds. The van der Waals surface area contributed by atoms with Gasteiger partial charge in [-0.25, -0.2) is 4.79 Å². The number of rotatable bonds is 5. The maximum absolute atomic E-state index is 11.6. The van der Waals surface area contributed by atoms with E-state index in [9.17, 15) is 9.90 Å². The van der Waals surface area contributed by atoms with Crippen molar-refractivity contribution in [1.82, 2.24) is 0 Å². The van der Waals surface area contributed by atoms with Gasteiger partial charge in [0.25, 0.3) is 0 Å². The van der Waals surface area contributed by atoms with Crippen LogP contribution < -0.4 is 0 Å². The lowest BCUT2D eigenvalue weighted by Gasteiger charge is -2.14. The topological polar surface area (TPSA) is 46.5 Å². The van der Waals surface area contributed by atoms with Gasteiger partial charge in [0.1, 0.15) is 0 Å². The third-order valence-electron chi connectivity index (χ3n) is 3.21. The Morgan fingerprint density at radius 2 is 2.29 bits per heavy atom. The number of aliphatic hydroxyl groups is 1. The zero-order chi connectivity index (χ0) is 12.3. The summed E-state index contributed by atoms with van der Waals surface area (Å²) in [6.07, 6.45) is 2.35. The number of hydrogen-bond acceptors (Lipinski definition) is 3. The fraction of sp³-hybridized carbons (Fsp3) is 0.500. The molecule has 1 aromatic carbocycles. The molecular formula is C14H18O3. The highest BCUT2D eigenvalue weighted by molar-refractivity contribution is 5.89. The van der Waals surface area contributed by atoms with Crippen molar-refractivity contribution in [2.45, 2.75) is 25.7 Å². The highest BCUT2D eigenvalue weighted by atomic mass is 16.5. The molecule has 1 saturated carbocycles. The van der Waals surface area contributed by atoms with Gasteiger partial charge < -0.3 is 9.84 Å². The van der Waals surface area contributed by atoms with Crippen LogP contribution in [-0.4, -0.2) is 24.3 Å². The highest BCUT2D eigenvalue weighted by Crippen LogP contribution is 2.42. The Morgan fingerprint density at radius 1 is 1.53 bits per heavy atom. The van der Waals surface area contributed by atoms with Crippen LogP contribution in [0.25, 0.3) is 0 Å². The number of carbonyl (C=O) groups is 1. The van der Waals surface area contributed by atoms with Crippen molar-refractivity contribution < 1.29 is 14.6 Å². The van der Waals surface area contributed by atoms with Crippen molar-refractivity contribution in [3.8, 4) is 0 Å². The van der Waals surface area contributed by atoms with Gasteiger partial charge >= 0.3 is 5.97 Å². The Bertz CT molecular complexity index is 396. The average Bonchev–Trinajstić information content (AvgIpc) is 3.15. The van der Waals surface area contributed by atoms with Crippen molar-refractivity contribution in [2.75, 3.05) is 13.2 Å². The van der Waals surface area contributed by atoms with Gasteiger partial charge in [-0.2, -0.15) is 0 Å². The van der Waals surface area contributed by atoms with E-state index in [0.717, 1.165) is 5.56 Å². The maximum atomic E-state index is 11.6. The number of esters is 1. The van der Waals surface area contributed by atoms with E-state index in [2.05, 4.69) is 0 Å². The summed E-state index contributed by atoms with van der Waals surface area (Å²) in [6.45, 7) is 2.33. The first kappa shape index (κ1) is 12.1.